The second kappa shape index (κ2) is 6.15. The molecule has 0 aromatic carbocycles. The molecular formula is C13H18N2O4S2. The number of hydrogen-bond acceptors (Lipinski definition) is 5. The highest BCUT2D eigenvalue weighted by molar-refractivity contribution is 7.91. The third-order valence-corrected chi connectivity index (χ3v) is 6.07. The van der Waals surface area contributed by atoms with Crippen molar-refractivity contribution in [1.82, 2.24) is 10.2 Å². The summed E-state index contributed by atoms with van der Waals surface area (Å²) in [6, 6.07) is 1.18. The van der Waals surface area contributed by atoms with Crippen LogP contribution in [-0.2, 0) is 14.6 Å². The lowest BCUT2D eigenvalue weighted by atomic mass is 10.2. The van der Waals surface area contributed by atoms with E-state index in [1.54, 1.807) is 6.92 Å². The predicted octanol–water partition coefficient (Wildman–Crippen LogP) is 0.432. The Hall–Kier alpha value is -1.41. The molecular weight excluding hydrogens is 312 g/mol. The Bertz CT molecular complexity index is 637. The lowest BCUT2D eigenvalue weighted by molar-refractivity contribution is -0.132. The van der Waals surface area contributed by atoms with E-state index in [4.69, 9.17) is 0 Å². The van der Waals surface area contributed by atoms with Crippen molar-refractivity contribution in [2.45, 2.75) is 19.9 Å². The maximum absolute atomic E-state index is 12.2. The predicted molar refractivity (Wildman–Crippen MR) is 81.2 cm³/mol. The van der Waals surface area contributed by atoms with Gasteiger partial charge >= 0.3 is 0 Å². The first-order valence-corrected chi connectivity index (χ1v) is 9.34. The van der Waals surface area contributed by atoms with Crippen LogP contribution < -0.4 is 5.32 Å². The molecule has 1 aromatic heterocycles. The van der Waals surface area contributed by atoms with Crippen molar-refractivity contribution >= 4 is 33.0 Å². The average molecular weight is 330 g/mol. The number of amides is 2. The first-order chi connectivity index (χ1) is 9.80. The fourth-order valence-electron chi connectivity index (χ4n) is 2.14. The normalized spacial score (nSPS) is 19.0. The molecule has 0 bridgehead atoms. The lowest BCUT2D eigenvalue weighted by Gasteiger charge is -2.29. The van der Waals surface area contributed by atoms with Crippen molar-refractivity contribution in [2.24, 2.45) is 0 Å². The zero-order valence-electron chi connectivity index (χ0n) is 12.0. The second-order valence-electron chi connectivity index (χ2n) is 5.10. The maximum atomic E-state index is 12.2. The molecule has 1 N–H and O–H groups in total. The van der Waals surface area contributed by atoms with Gasteiger partial charge in [0.15, 0.2) is 9.84 Å². The first-order valence-electron chi connectivity index (χ1n) is 6.64. The van der Waals surface area contributed by atoms with Crippen molar-refractivity contribution in [3.8, 4) is 0 Å². The van der Waals surface area contributed by atoms with Crippen LogP contribution in [0.25, 0.3) is 0 Å². The summed E-state index contributed by atoms with van der Waals surface area (Å²) in [4.78, 5) is 26.4. The Labute approximate surface area is 128 Å². The van der Waals surface area contributed by atoms with Crippen LogP contribution in [0.2, 0.25) is 0 Å². The van der Waals surface area contributed by atoms with Gasteiger partial charge in [-0.25, -0.2) is 8.42 Å². The van der Waals surface area contributed by atoms with Crippen LogP contribution in [0.1, 0.15) is 22.2 Å². The minimum Gasteiger partial charge on any atom is -0.340 e. The average Bonchev–Trinajstić information content (AvgIpc) is 2.84. The van der Waals surface area contributed by atoms with Gasteiger partial charge in [0.05, 0.1) is 16.4 Å². The van der Waals surface area contributed by atoms with Gasteiger partial charge in [0.2, 0.25) is 5.91 Å². The molecule has 1 atom stereocenters. The molecule has 1 aromatic rings. The Morgan fingerprint density at radius 2 is 1.95 bits per heavy atom. The standard InChI is InChI=1S/C13H18N2O4S2/c1-9-3-6-20-11(9)12(16)14-10(2)13(17)15-4-7-21(18,19)8-5-15/h3,6,10H,4-5,7-8H2,1-2H3,(H,14,16)/t10-/m0/s1. The van der Waals surface area contributed by atoms with E-state index in [0.29, 0.717) is 4.88 Å². The van der Waals surface area contributed by atoms with E-state index in [-0.39, 0.29) is 36.4 Å². The van der Waals surface area contributed by atoms with Crippen molar-refractivity contribution in [2.75, 3.05) is 24.6 Å². The number of thiophene rings is 1. The molecule has 116 valence electrons. The molecule has 8 heteroatoms. The van der Waals surface area contributed by atoms with Gasteiger partial charge in [0, 0.05) is 13.1 Å². The quantitative estimate of drug-likeness (QED) is 0.871. The molecule has 1 fully saturated rings. The number of rotatable bonds is 3. The summed E-state index contributed by atoms with van der Waals surface area (Å²) in [5.74, 6) is -0.534. The molecule has 21 heavy (non-hydrogen) atoms. The van der Waals surface area contributed by atoms with Crippen LogP contribution in [0.4, 0.5) is 0 Å². The van der Waals surface area contributed by atoms with Crippen molar-refractivity contribution in [3.63, 3.8) is 0 Å². The van der Waals surface area contributed by atoms with Gasteiger partial charge in [-0.3, -0.25) is 9.59 Å². The highest BCUT2D eigenvalue weighted by Crippen LogP contribution is 2.15. The maximum Gasteiger partial charge on any atom is 0.262 e. The Morgan fingerprint density at radius 3 is 2.48 bits per heavy atom. The number of nitrogens with one attached hydrogen (secondary N) is 1. The molecule has 0 spiro atoms. The number of nitrogens with zero attached hydrogens (tertiary/aromatic N) is 1. The van der Waals surface area contributed by atoms with Crippen molar-refractivity contribution < 1.29 is 18.0 Å². The lowest BCUT2D eigenvalue weighted by Crippen LogP contribution is -2.51. The summed E-state index contributed by atoms with van der Waals surface area (Å²) in [6.07, 6.45) is 0. The van der Waals surface area contributed by atoms with Crippen LogP contribution >= 0.6 is 11.3 Å². The monoisotopic (exact) mass is 330 g/mol. The number of carbonyl (C=O) groups excluding carboxylic acids is 2. The zero-order chi connectivity index (χ0) is 15.6. The summed E-state index contributed by atoms with van der Waals surface area (Å²) in [5.41, 5.74) is 0.876. The highest BCUT2D eigenvalue weighted by Gasteiger charge is 2.28. The highest BCUT2D eigenvalue weighted by atomic mass is 32.2. The molecule has 2 rings (SSSR count). The van der Waals surface area contributed by atoms with E-state index in [0.717, 1.165) is 5.56 Å². The molecule has 0 saturated carbocycles. The van der Waals surface area contributed by atoms with Crippen LogP contribution in [-0.4, -0.2) is 55.8 Å². The molecule has 0 aliphatic carbocycles. The fourth-order valence-corrected chi connectivity index (χ4v) is 4.17. The molecule has 2 amide bonds. The molecule has 0 unspecified atom stereocenters. The smallest absolute Gasteiger partial charge is 0.262 e. The summed E-state index contributed by atoms with van der Waals surface area (Å²) >= 11 is 1.33. The zero-order valence-corrected chi connectivity index (χ0v) is 13.6. The topological polar surface area (TPSA) is 83.6 Å². The van der Waals surface area contributed by atoms with Crippen molar-refractivity contribution in [3.05, 3.63) is 21.9 Å². The van der Waals surface area contributed by atoms with E-state index < -0.39 is 15.9 Å². The van der Waals surface area contributed by atoms with Crippen LogP contribution in [0.5, 0.6) is 0 Å². The summed E-state index contributed by atoms with van der Waals surface area (Å²) in [6.45, 7) is 3.85. The third-order valence-electron chi connectivity index (χ3n) is 3.44. The number of carbonyl (C=O) groups is 2. The minimum absolute atomic E-state index is 0.0105. The molecule has 1 saturated heterocycles. The summed E-state index contributed by atoms with van der Waals surface area (Å²) in [5, 5.41) is 4.50. The van der Waals surface area contributed by atoms with Gasteiger partial charge in [-0.1, -0.05) is 0 Å². The number of aryl methyl sites for hydroxylation is 1. The van der Waals surface area contributed by atoms with E-state index in [9.17, 15) is 18.0 Å². The SMILES string of the molecule is Cc1ccsc1C(=O)N[C@@H](C)C(=O)N1CCS(=O)(=O)CC1. The Kier molecular flexibility index (Phi) is 4.67. The first kappa shape index (κ1) is 16.0. The van der Waals surface area contributed by atoms with Gasteiger partial charge in [0.25, 0.3) is 5.91 Å². The van der Waals surface area contributed by atoms with Crippen LogP contribution in [0, 0.1) is 6.92 Å². The van der Waals surface area contributed by atoms with Gasteiger partial charge in [-0.15, -0.1) is 11.3 Å². The van der Waals surface area contributed by atoms with Gasteiger partial charge in [-0.2, -0.15) is 0 Å². The van der Waals surface area contributed by atoms with E-state index in [2.05, 4.69) is 5.32 Å². The van der Waals surface area contributed by atoms with E-state index in [1.165, 1.54) is 16.2 Å². The Balaban J connectivity index is 1.94. The summed E-state index contributed by atoms with van der Waals surface area (Å²) < 4.78 is 22.7. The second-order valence-corrected chi connectivity index (χ2v) is 8.32. The van der Waals surface area contributed by atoms with Gasteiger partial charge < -0.3 is 10.2 Å². The van der Waals surface area contributed by atoms with E-state index in [1.807, 2.05) is 18.4 Å². The molecule has 1 aliphatic heterocycles. The third kappa shape index (κ3) is 3.82. The molecule has 1 aliphatic rings. The van der Waals surface area contributed by atoms with Crippen LogP contribution in [0.3, 0.4) is 0 Å². The van der Waals surface area contributed by atoms with Crippen LogP contribution in [0.15, 0.2) is 11.4 Å². The minimum atomic E-state index is -3.02. The number of sulfone groups is 1. The molecule has 0 radical (unpaired) electrons. The largest absolute Gasteiger partial charge is 0.340 e. The van der Waals surface area contributed by atoms with Gasteiger partial charge in [0.1, 0.15) is 6.04 Å². The fraction of sp³-hybridized carbons (Fsp3) is 0.538. The number of hydrogen-bond donors (Lipinski definition) is 1. The summed E-state index contributed by atoms with van der Waals surface area (Å²) in [7, 11) is -3.02. The molecule has 6 nitrogen and oxygen atoms in total. The van der Waals surface area contributed by atoms with Crippen molar-refractivity contribution in [1.29, 1.82) is 0 Å². The van der Waals surface area contributed by atoms with E-state index >= 15 is 0 Å². The Morgan fingerprint density at radius 1 is 1.33 bits per heavy atom. The van der Waals surface area contributed by atoms with Gasteiger partial charge in [-0.05, 0) is 30.9 Å². The molecule has 2 heterocycles.